The minimum atomic E-state index is 0.297. The highest BCUT2D eigenvalue weighted by atomic mass is 79.9. The molecule has 0 bridgehead atoms. The summed E-state index contributed by atoms with van der Waals surface area (Å²) >= 11 is 3.51. The van der Waals surface area contributed by atoms with E-state index >= 15 is 0 Å². The molecule has 0 saturated heterocycles. The summed E-state index contributed by atoms with van der Waals surface area (Å²) in [7, 11) is 1.67. The first kappa shape index (κ1) is 14.1. The maximum atomic E-state index is 5.23. The SMILES string of the molecule is COc1ccc(C(C)NCCn2ccnc2)cc1Br. The lowest BCUT2D eigenvalue weighted by molar-refractivity contribution is 0.411. The lowest BCUT2D eigenvalue weighted by Gasteiger charge is -2.15. The van der Waals surface area contributed by atoms with Crippen LogP contribution in [0.2, 0.25) is 0 Å². The fraction of sp³-hybridized carbons (Fsp3) is 0.357. The van der Waals surface area contributed by atoms with Crippen LogP contribution in [0.4, 0.5) is 0 Å². The third kappa shape index (κ3) is 3.81. The minimum absolute atomic E-state index is 0.297. The Hall–Kier alpha value is -1.33. The standard InChI is InChI=1S/C14H18BrN3O/c1-11(17-6-8-18-7-5-16-10-18)12-3-4-14(19-2)13(15)9-12/h3-5,7,9-11,17H,6,8H2,1-2H3. The molecular formula is C14H18BrN3O. The predicted molar refractivity (Wildman–Crippen MR) is 79.3 cm³/mol. The van der Waals surface area contributed by atoms with E-state index in [-0.39, 0.29) is 0 Å². The molecule has 0 aliphatic carbocycles. The first-order valence-corrected chi connectivity index (χ1v) is 7.02. The highest BCUT2D eigenvalue weighted by Crippen LogP contribution is 2.27. The summed E-state index contributed by atoms with van der Waals surface area (Å²) in [4.78, 5) is 4.02. The minimum Gasteiger partial charge on any atom is -0.496 e. The normalized spacial score (nSPS) is 12.4. The van der Waals surface area contributed by atoms with Gasteiger partial charge in [0.05, 0.1) is 17.9 Å². The van der Waals surface area contributed by atoms with Gasteiger partial charge in [-0.15, -0.1) is 0 Å². The van der Waals surface area contributed by atoms with E-state index in [1.54, 1.807) is 13.3 Å². The van der Waals surface area contributed by atoms with Crippen molar-refractivity contribution in [1.82, 2.24) is 14.9 Å². The van der Waals surface area contributed by atoms with Gasteiger partial charge in [-0.25, -0.2) is 4.98 Å². The van der Waals surface area contributed by atoms with Crippen LogP contribution in [0.1, 0.15) is 18.5 Å². The predicted octanol–water partition coefficient (Wildman–Crippen LogP) is 3.01. The molecule has 1 N–H and O–H groups in total. The van der Waals surface area contributed by atoms with Crippen molar-refractivity contribution in [1.29, 1.82) is 0 Å². The molecule has 4 nitrogen and oxygen atoms in total. The summed E-state index contributed by atoms with van der Waals surface area (Å²) < 4.78 is 8.27. The largest absolute Gasteiger partial charge is 0.496 e. The van der Waals surface area contributed by atoms with Crippen molar-refractivity contribution in [2.75, 3.05) is 13.7 Å². The quantitative estimate of drug-likeness (QED) is 0.888. The first-order valence-electron chi connectivity index (χ1n) is 6.23. The molecule has 1 aromatic heterocycles. The zero-order valence-corrected chi connectivity index (χ0v) is 12.7. The molecule has 0 saturated carbocycles. The summed E-state index contributed by atoms with van der Waals surface area (Å²) in [6.07, 6.45) is 5.59. The highest BCUT2D eigenvalue weighted by Gasteiger charge is 2.07. The van der Waals surface area contributed by atoms with Crippen molar-refractivity contribution in [3.63, 3.8) is 0 Å². The number of nitrogens with one attached hydrogen (secondary N) is 1. The second kappa shape index (κ2) is 6.73. The lowest BCUT2D eigenvalue weighted by atomic mass is 10.1. The van der Waals surface area contributed by atoms with Crippen molar-refractivity contribution in [2.45, 2.75) is 19.5 Å². The van der Waals surface area contributed by atoms with Crippen LogP contribution in [-0.2, 0) is 6.54 Å². The zero-order chi connectivity index (χ0) is 13.7. The second-order valence-electron chi connectivity index (χ2n) is 4.37. The van der Waals surface area contributed by atoms with Gasteiger partial charge >= 0.3 is 0 Å². The van der Waals surface area contributed by atoms with Crippen LogP contribution in [0.25, 0.3) is 0 Å². The summed E-state index contributed by atoms with van der Waals surface area (Å²) in [5.74, 6) is 0.856. The van der Waals surface area contributed by atoms with Crippen LogP contribution < -0.4 is 10.1 Å². The first-order chi connectivity index (χ1) is 9.20. The van der Waals surface area contributed by atoms with Gasteiger partial charge in [0.15, 0.2) is 0 Å². The molecule has 0 radical (unpaired) electrons. The van der Waals surface area contributed by atoms with Gasteiger partial charge < -0.3 is 14.6 Å². The molecule has 1 atom stereocenters. The Morgan fingerprint density at radius 2 is 2.32 bits per heavy atom. The molecule has 0 aliphatic heterocycles. The maximum absolute atomic E-state index is 5.23. The molecule has 1 heterocycles. The number of nitrogens with zero attached hydrogens (tertiary/aromatic N) is 2. The Morgan fingerprint density at radius 3 is 2.95 bits per heavy atom. The smallest absolute Gasteiger partial charge is 0.133 e. The van der Waals surface area contributed by atoms with Crippen LogP contribution in [0, 0.1) is 0 Å². The lowest BCUT2D eigenvalue weighted by Crippen LogP contribution is -2.23. The molecule has 19 heavy (non-hydrogen) atoms. The van der Waals surface area contributed by atoms with Crippen LogP contribution >= 0.6 is 15.9 Å². The molecule has 0 amide bonds. The number of ether oxygens (including phenoxy) is 1. The molecular weight excluding hydrogens is 306 g/mol. The number of hydrogen-bond acceptors (Lipinski definition) is 3. The number of imidazole rings is 1. The van der Waals surface area contributed by atoms with Gasteiger partial charge in [-0.05, 0) is 40.5 Å². The fourth-order valence-electron chi connectivity index (χ4n) is 1.90. The van der Waals surface area contributed by atoms with E-state index in [0.717, 1.165) is 23.3 Å². The van der Waals surface area contributed by atoms with Gasteiger partial charge in [0.25, 0.3) is 0 Å². The van der Waals surface area contributed by atoms with Crippen LogP contribution in [0.15, 0.2) is 41.4 Å². The summed E-state index contributed by atoms with van der Waals surface area (Å²) in [6, 6.07) is 6.45. The second-order valence-corrected chi connectivity index (χ2v) is 5.22. The van der Waals surface area contributed by atoms with E-state index in [1.807, 2.05) is 18.6 Å². The van der Waals surface area contributed by atoms with Crippen LogP contribution in [0.5, 0.6) is 5.75 Å². The average molecular weight is 324 g/mol. The Balaban J connectivity index is 1.88. The Bertz CT molecular complexity index is 513. The third-order valence-electron chi connectivity index (χ3n) is 3.06. The van der Waals surface area contributed by atoms with Crippen molar-refractivity contribution in [2.24, 2.45) is 0 Å². The molecule has 102 valence electrons. The van der Waals surface area contributed by atoms with Crippen LogP contribution in [0.3, 0.4) is 0 Å². The number of methoxy groups -OCH3 is 1. The summed E-state index contributed by atoms with van der Waals surface area (Å²) in [5.41, 5.74) is 1.23. The van der Waals surface area contributed by atoms with Gasteiger partial charge in [-0.2, -0.15) is 0 Å². The van der Waals surface area contributed by atoms with Gasteiger partial charge in [-0.3, -0.25) is 0 Å². The number of hydrogen-bond donors (Lipinski definition) is 1. The number of halogens is 1. The van der Waals surface area contributed by atoms with E-state index in [9.17, 15) is 0 Å². The van der Waals surface area contributed by atoms with Crippen molar-refractivity contribution < 1.29 is 4.74 Å². The number of rotatable bonds is 6. The van der Waals surface area contributed by atoms with E-state index < -0.39 is 0 Å². The summed E-state index contributed by atoms with van der Waals surface area (Å²) in [5, 5.41) is 3.49. The molecule has 0 fully saturated rings. The molecule has 1 aromatic carbocycles. The third-order valence-corrected chi connectivity index (χ3v) is 3.68. The molecule has 2 aromatic rings. The van der Waals surface area contributed by atoms with E-state index in [0.29, 0.717) is 6.04 Å². The fourth-order valence-corrected chi connectivity index (χ4v) is 2.46. The topological polar surface area (TPSA) is 39.1 Å². The monoisotopic (exact) mass is 323 g/mol. The van der Waals surface area contributed by atoms with Gasteiger partial charge in [0.1, 0.15) is 5.75 Å². The maximum Gasteiger partial charge on any atom is 0.133 e. The van der Waals surface area contributed by atoms with Gasteiger partial charge in [0.2, 0.25) is 0 Å². The molecule has 0 aliphatic rings. The average Bonchev–Trinajstić information content (AvgIpc) is 2.91. The van der Waals surface area contributed by atoms with E-state index in [2.05, 4.69) is 49.9 Å². The van der Waals surface area contributed by atoms with Crippen molar-refractivity contribution in [3.8, 4) is 5.75 Å². The highest BCUT2D eigenvalue weighted by molar-refractivity contribution is 9.10. The Labute approximate surface area is 121 Å². The number of benzene rings is 1. The molecule has 1 unspecified atom stereocenters. The van der Waals surface area contributed by atoms with Gasteiger partial charge in [0, 0.05) is 31.5 Å². The van der Waals surface area contributed by atoms with Crippen molar-refractivity contribution >= 4 is 15.9 Å². The van der Waals surface area contributed by atoms with E-state index in [4.69, 9.17) is 4.74 Å². The Morgan fingerprint density at radius 1 is 1.47 bits per heavy atom. The molecule has 0 spiro atoms. The van der Waals surface area contributed by atoms with Crippen molar-refractivity contribution in [3.05, 3.63) is 47.0 Å². The summed E-state index contributed by atoms with van der Waals surface area (Å²) in [6.45, 7) is 3.98. The zero-order valence-electron chi connectivity index (χ0n) is 11.1. The molecule has 5 heteroatoms. The van der Waals surface area contributed by atoms with Crippen LogP contribution in [-0.4, -0.2) is 23.2 Å². The van der Waals surface area contributed by atoms with Gasteiger partial charge in [-0.1, -0.05) is 6.07 Å². The van der Waals surface area contributed by atoms with E-state index in [1.165, 1.54) is 5.56 Å². The Kier molecular flexibility index (Phi) is 4.99. The number of aromatic nitrogens is 2. The molecule has 2 rings (SSSR count).